The van der Waals surface area contributed by atoms with Crippen LogP contribution in [0, 0.1) is 6.92 Å². The average Bonchev–Trinajstić information content (AvgIpc) is 3.21. The van der Waals surface area contributed by atoms with Crippen LogP contribution in [0.2, 0.25) is 0 Å². The summed E-state index contributed by atoms with van der Waals surface area (Å²) < 4.78 is 34.9. The van der Waals surface area contributed by atoms with Crippen LogP contribution in [0.1, 0.15) is 37.4 Å². The number of fused-ring (bicyclic) bond motifs is 4. The van der Waals surface area contributed by atoms with Crippen LogP contribution in [0.3, 0.4) is 0 Å². The first-order valence-electron chi connectivity index (χ1n) is 8.69. The highest BCUT2D eigenvalue weighted by Crippen LogP contribution is 2.37. The van der Waals surface area contributed by atoms with Crippen LogP contribution in [0.4, 0.5) is 0 Å². The summed E-state index contributed by atoms with van der Waals surface area (Å²) in [5.41, 5.74) is 1.87. The Morgan fingerprint density at radius 2 is 1.41 bits per heavy atom. The summed E-state index contributed by atoms with van der Waals surface area (Å²) in [5.74, 6) is -0.752. The highest BCUT2D eigenvalue weighted by atomic mass is 32.2. The Morgan fingerprint density at radius 1 is 0.793 bits per heavy atom. The molecule has 3 aromatic carbocycles. The quantitative estimate of drug-likeness (QED) is 0.433. The summed E-state index contributed by atoms with van der Waals surface area (Å²) in [6.45, 7) is 1.86. The molecule has 0 saturated carbocycles. The second-order valence-electron chi connectivity index (χ2n) is 6.78. The zero-order valence-electron chi connectivity index (χ0n) is 15.0. The molecule has 1 aliphatic carbocycles. The zero-order valence-corrected chi connectivity index (χ0v) is 16.7. The van der Waals surface area contributed by atoms with Gasteiger partial charge in [0.25, 0.3) is 0 Å². The monoisotopic (exact) mass is 420 g/mol. The molecule has 5 rings (SSSR count). The average molecular weight is 420 g/mol. The lowest BCUT2D eigenvalue weighted by atomic mass is 9.83. The molecule has 0 saturated heterocycles. The van der Waals surface area contributed by atoms with Crippen LogP contribution in [0.25, 0.3) is 11.0 Å². The van der Waals surface area contributed by atoms with Gasteiger partial charge in [-0.1, -0.05) is 42.0 Å². The van der Waals surface area contributed by atoms with Gasteiger partial charge >= 0.3 is 0 Å². The van der Waals surface area contributed by atoms with Crippen molar-refractivity contribution < 1.29 is 18.0 Å². The van der Waals surface area contributed by atoms with E-state index in [9.17, 15) is 18.0 Å². The summed E-state index contributed by atoms with van der Waals surface area (Å²) in [5, 5.41) is 0. The molecule has 0 unspecified atom stereocenters. The van der Waals surface area contributed by atoms with Gasteiger partial charge in [0, 0.05) is 16.7 Å². The molecule has 1 heterocycles. The smallest absolute Gasteiger partial charge is 0.208 e. The summed E-state index contributed by atoms with van der Waals surface area (Å²) >= 11 is 0.810. The number of rotatable bonds is 2. The van der Waals surface area contributed by atoms with Crippen molar-refractivity contribution in [3.63, 3.8) is 0 Å². The van der Waals surface area contributed by atoms with E-state index >= 15 is 0 Å². The molecular formula is C21H12N2O4S2. The molecule has 0 bridgehead atoms. The predicted octanol–water partition coefficient (Wildman–Crippen LogP) is 3.61. The molecule has 0 amide bonds. The molecule has 142 valence electrons. The van der Waals surface area contributed by atoms with E-state index in [4.69, 9.17) is 0 Å². The molecule has 0 aliphatic heterocycles. The van der Waals surface area contributed by atoms with Crippen molar-refractivity contribution in [1.29, 1.82) is 0 Å². The van der Waals surface area contributed by atoms with Gasteiger partial charge in [0.2, 0.25) is 9.84 Å². The molecular weight excluding hydrogens is 408 g/mol. The number of sulfone groups is 1. The number of carbonyl (C=O) groups is 2. The van der Waals surface area contributed by atoms with Gasteiger partial charge in [0.1, 0.15) is 15.9 Å². The molecule has 0 N–H and O–H groups in total. The predicted molar refractivity (Wildman–Crippen MR) is 107 cm³/mol. The summed E-state index contributed by atoms with van der Waals surface area (Å²) in [7, 11) is -3.96. The van der Waals surface area contributed by atoms with E-state index in [1.807, 2.05) is 6.92 Å². The van der Waals surface area contributed by atoms with Crippen molar-refractivity contribution in [1.82, 2.24) is 8.75 Å². The first-order chi connectivity index (χ1) is 13.9. The number of ketones is 2. The fraction of sp³-hybridized carbons (Fsp3) is 0.0476. The fourth-order valence-electron chi connectivity index (χ4n) is 3.53. The van der Waals surface area contributed by atoms with Gasteiger partial charge in [-0.05, 0) is 25.1 Å². The topological polar surface area (TPSA) is 94.1 Å². The van der Waals surface area contributed by atoms with Crippen LogP contribution < -0.4 is 0 Å². The molecule has 0 spiro atoms. The molecule has 4 aromatic rings. The van der Waals surface area contributed by atoms with E-state index in [-0.39, 0.29) is 48.9 Å². The van der Waals surface area contributed by atoms with Gasteiger partial charge in [-0.15, -0.1) is 0 Å². The van der Waals surface area contributed by atoms with Crippen molar-refractivity contribution in [2.45, 2.75) is 16.7 Å². The highest BCUT2D eigenvalue weighted by Gasteiger charge is 2.35. The summed E-state index contributed by atoms with van der Waals surface area (Å²) in [6, 6.07) is 14.2. The number of aryl methyl sites for hydroxylation is 1. The van der Waals surface area contributed by atoms with Gasteiger partial charge in [-0.25, -0.2) is 8.42 Å². The molecule has 8 heteroatoms. The normalized spacial score (nSPS) is 13.4. The third kappa shape index (κ3) is 2.49. The van der Waals surface area contributed by atoms with E-state index in [1.165, 1.54) is 18.2 Å². The van der Waals surface area contributed by atoms with Gasteiger partial charge < -0.3 is 0 Å². The lowest BCUT2D eigenvalue weighted by molar-refractivity contribution is 0.0980. The summed E-state index contributed by atoms with van der Waals surface area (Å²) in [4.78, 5) is 26.1. The maximum atomic E-state index is 13.3. The van der Waals surface area contributed by atoms with E-state index in [1.54, 1.807) is 36.4 Å². The number of hydrogen-bond donors (Lipinski definition) is 0. The van der Waals surface area contributed by atoms with E-state index in [2.05, 4.69) is 8.75 Å². The fourth-order valence-corrected chi connectivity index (χ4v) is 5.57. The number of carbonyl (C=O) groups excluding carboxylic acids is 2. The van der Waals surface area contributed by atoms with Crippen molar-refractivity contribution in [2.24, 2.45) is 0 Å². The van der Waals surface area contributed by atoms with E-state index in [0.717, 1.165) is 17.3 Å². The number of nitrogens with zero attached hydrogens (tertiary/aromatic N) is 2. The zero-order chi connectivity index (χ0) is 20.3. The molecule has 1 aliphatic rings. The van der Waals surface area contributed by atoms with Crippen LogP contribution in [0.5, 0.6) is 0 Å². The Bertz CT molecular complexity index is 1450. The Hall–Kier alpha value is -3.23. The van der Waals surface area contributed by atoms with Crippen molar-refractivity contribution in [3.05, 3.63) is 82.4 Å². The molecule has 6 nitrogen and oxygen atoms in total. The van der Waals surface area contributed by atoms with Crippen LogP contribution >= 0.6 is 11.7 Å². The second kappa shape index (κ2) is 6.13. The Kier molecular flexibility index (Phi) is 3.77. The minimum absolute atomic E-state index is 0.0413. The van der Waals surface area contributed by atoms with Gasteiger partial charge in [0.15, 0.2) is 11.6 Å². The highest BCUT2D eigenvalue weighted by molar-refractivity contribution is 7.91. The third-order valence-electron chi connectivity index (χ3n) is 5.01. The Balaban J connectivity index is 1.83. The Morgan fingerprint density at radius 3 is 2.10 bits per heavy atom. The van der Waals surface area contributed by atoms with E-state index in [0.29, 0.717) is 0 Å². The largest absolute Gasteiger partial charge is 0.289 e. The van der Waals surface area contributed by atoms with Gasteiger partial charge in [-0.2, -0.15) is 8.75 Å². The maximum absolute atomic E-state index is 13.3. The van der Waals surface area contributed by atoms with Crippen molar-refractivity contribution in [2.75, 3.05) is 0 Å². The standard InChI is InChI=1S/C21H12N2O4S2/c1-11-6-8-12(9-7-11)29(26,27)16-10-15-17(19-18(16)22-28-23-19)21(25)14-5-3-2-4-13(14)20(15)24/h2-10H,1H3. The van der Waals surface area contributed by atoms with Crippen LogP contribution in [-0.2, 0) is 9.84 Å². The minimum Gasteiger partial charge on any atom is -0.289 e. The number of hydrogen-bond acceptors (Lipinski definition) is 7. The van der Waals surface area contributed by atoms with Crippen molar-refractivity contribution in [3.8, 4) is 0 Å². The molecule has 0 fully saturated rings. The first kappa shape index (κ1) is 17.8. The SMILES string of the molecule is Cc1ccc(S(=O)(=O)c2cc3c(c4nsnc24)C(=O)c2ccccc2C3=O)cc1. The minimum atomic E-state index is -3.96. The van der Waals surface area contributed by atoms with Gasteiger partial charge in [0.05, 0.1) is 22.2 Å². The van der Waals surface area contributed by atoms with Crippen LogP contribution in [-0.4, -0.2) is 28.7 Å². The molecule has 1 aromatic heterocycles. The van der Waals surface area contributed by atoms with Crippen LogP contribution in [0.15, 0.2) is 64.4 Å². The summed E-state index contributed by atoms with van der Waals surface area (Å²) in [6.07, 6.45) is 0. The number of benzene rings is 3. The lowest BCUT2D eigenvalue weighted by Gasteiger charge is -2.18. The molecule has 29 heavy (non-hydrogen) atoms. The first-order valence-corrected chi connectivity index (χ1v) is 10.9. The second-order valence-corrected chi connectivity index (χ2v) is 9.23. The van der Waals surface area contributed by atoms with E-state index < -0.39 is 15.6 Å². The third-order valence-corrected chi connectivity index (χ3v) is 7.32. The lowest BCUT2D eigenvalue weighted by Crippen LogP contribution is -2.22. The number of aromatic nitrogens is 2. The van der Waals surface area contributed by atoms with Crippen molar-refractivity contribution >= 4 is 44.2 Å². The van der Waals surface area contributed by atoms with Gasteiger partial charge in [-0.3, -0.25) is 9.59 Å². The Labute approximate surface area is 170 Å². The molecule has 0 atom stereocenters. The molecule has 0 radical (unpaired) electrons. The maximum Gasteiger partial charge on any atom is 0.208 e.